The third-order valence-electron chi connectivity index (χ3n) is 7.43. The molecule has 0 bridgehead atoms. The summed E-state index contributed by atoms with van der Waals surface area (Å²) in [6.45, 7) is 4.38. The second-order valence-corrected chi connectivity index (χ2v) is 11.9. The highest BCUT2D eigenvalue weighted by Gasteiger charge is 2.23. The molecular formula is C38H31P. The van der Waals surface area contributed by atoms with Crippen molar-refractivity contribution in [1.82, 2.24) is 0 Å². The van der Waals surface area contributed by atoms with E-state index in [0.717, 1.165) is 0 Å². The minimum Gasteiger partial charge on any atom is -0.0841 e. The largest absolute Gasteiger partial charge is 0.0841 e. The summed E-state index contributed by atoms with van der Waals surface area (Å²) in [5.41, 5.74) is 7.72. The Morgan fingerprint density at radius 2 is 1.05 bits per heavy atom. The average molecular weight is 519 g/mol. The summed E-state index contributed by atoms with van der Waals surface area (Å²) in [4.78, 5) is 0. The molecule has 0 unspecified atom stereocenters. The van der Waals surface area contributed by atoms with E-state index >= 15 is 0 Å². The molecule has 1 heteroatoms. The number of rotatable bonds is 6. The lowest BCUT2D eigenvalue weighted by Crippen LogP contribution is -2.22. The summed E-state index contributed by atoms with van der Waals surface area (Å²) in [5, 5.41) is 6.68. The first-order chi connectivity index (χ1) is 19.3. The summed E-state index contributed by atoms with van der Waals surface area (Å²) >= 11 is 0. The maximum atomic E-state index is 2.41. The molecule has 0 nitrogen and oxygen atoms in total. The summed E-state index contributed by atoms with van der Waals surface area (Å²) in [5.74, 6) is 0. The van der Waals surface area contributed by atoms with Gasteiger partial charge in [-0.05, 0) is 87.9 Å². The SMILES string of the molecule is C/C=C(\C)c1cc(-c2ccccc2)c2ccccc2c1-c1ccccc1P(c1ccccc1)c1ccccc1. The number of hydrogen-bond acceptors (Lipinski definition) is 0. The monoisotopic (exact) mass is 518 g/mol. The van der Waals surface area contributed by atoms with Crippen molar-refractivity contribution in [1.29, 1.82) is 0 Å². The predicted octanol–water partition coefficient (Wildman–Crippen LogP) is 9.36. The maximum Gasteiger partial charge on any atom is -0.00232 e. The fourth-order valence-electron chi connectivity index (χ4n) is 5.45. The predicted molar refractivity (Wildman–Crippen MR) is 173 cm³/mol. The molecule has 0 aliphatic carbocycles. The number of hydrogen-bond donors (Lipinski definition) is 0. The van der Waals surface area contributed by atoms with Gasteiger partial charge in [0, 0.05) is 0 Å². The first-order valence-corrected chi connectivity index (χ1v) is 14.8. The van der Waals surface area contributed by atoms with E-state index in [9.17, 15) is 0 Å². The minimum atomic E-state index is -0.753. The fourth-order valence-corrected chi connectivity index (χ4v) is 7.91. The Kier molecular flexibility index (Phi) is 7.22. The van der Waals surface area contributed by atoms with Crippen LogP contribution >= 0.6 is 7.92 Å². The third-order valence-corrected chi connectivity index (χ3v) is 9.93. The number of benzene rings is 6. The standard InChI is InChI=1S/C38H31P/c1-3-28(2)35-27-36(29-17-7-4-8-18-29)32-23-13-14-24-33(32)38(35)34-25-15-16-26-37(34)39(30-19-9-5-10-20-30)31-21-11-6-12-22-31/h3-27H,1-2H3/b28-3+. The Morgan fingerprint density at radius 3 is 1.67 bits per heavy atom. The van der Waals surface area contributed by atoms with Gasteiger partial charge in [0.05, 0.1) is 0 Å². The lowest BCUT2D eigenvalue weighted by Gasteiger charge is -2.25. The molecule has 39 heavy (non-hydrogen) atoms. The quantitative estimate of drug-likeness (QED) is 0.193. The molecule has 6 aromatic carbocycles. The third kappa shape index (κ3) is 4.85. The molecule has 0 aliphatic heterocycles. The molecule has 0 aliphatic rings. The van der Waals surface area contributed by atoms with Crippen LogP contribution in [0.2, 0.25) is 0 Å². The smallest absolute Gasteiger partial charge is 0.00232 e. The van der Waals surface area contributed by atoms with Crippen molar-refractivity contribution in [3.05, 3.63) is 157 Å². The van der Waals surface area contributed by atoms with E-state index < -0.39 is 7.92 Å². The normalized spacial score (nSPS) is 11.7. The summed E-state index contributed by atoms with van der Waals surface area (Å²) in [7, 11) is -0.753. The van der Waals surface area contributed by atoms with Gasteiger partial charge in [0.25, 0.3) is 0 Å². The van der Waals surface area contributed by atoms with Gasteiger partial charge in [-0.25, -0.2) is 0 Å². The van der Waals surface area contributed by atoms with Gasteiger partial charge in [-0.3, -0.25) is 0 Å². The van der Waals surface area contributed by atoms with E-state index in [-0.39, 0.29) is 0 Å². The molecule has 0 amide bonds. The molecule has 6 aromatic rings. The van der Waals surface area contributed by atoms with E-state index in [1.807, 2.05) is 0 Å². The van der Waals surface area contributed by atoms with Crippen molar-refractivity contribution in [2.75, 3.05) is 0 Å². The van der Waals surface area contributed by atoms with Crippen molar-refractivity contribution in [3.8, 4) is 22.3 Å². The molecule has 188 valence electrons. The van der Waals surface area contributed by atoms with Crippen LogP contribution in [0.5, 0.6) is 0 Å². The average Bonchev–Trinajstić information content (AvgIpc) is 3.02. The highest BCUT2D eigenvalue weighted by Crippen LogP contribution is 2.44. The molecule has 0 radical (unpaired) electrons. The van der Waals surface area contributed by atoms with Gasteiger partial charge in [-0.1, -0.05) is 146 Å². The fraction of sp³-hybridized carbons (Fsp3) is 0.0526. The molecule has 0 fully saturated rings. The molecule has 0 saturated carbocycles. The summed E-state index contributed by atoms with van der Waals surface area (Å²) < 4.78 is 0. The van der Waals surface area contributed by atoms with Crippen LogP contribution in [-0.4, -0.2) is 0 Å². The van der Waals surface area contributed by atoms with Gasteiger partial charge in [0.1, 0.15) is 0 Å². The van der Waals surface area contributed by atoms with Crippen LogP contribution in [0, 0.1) is 0 Å². The Hall–Kier alpha value is -4.25. The first-order valence-electron chi connectivity index (χ1n) is 13.5. The van der Waals surface area contributed by atoms with Crippen LogP contribution < -0.4 is 15.9 Å². The van der Waals surface area contributed by atoms with Gasteiger partial charge < -0.3 is 0 Å². The molecule has 0 heterocycles. The maximum absolute atomic E-state index is 2.41. The van der Waals surface area contributed by atoms with E-state index in [4.69, 9.17) is 0 Å². The molecule has 0 spiro atoms. The van der Waals surface area contributed by atoms with E-state index in [2.05, 4.69) is 166 Å². The Balaban J connectivity index is 1.70. The zero-order valence-electron chi connectivity index (χ0n) is 22.4. The summed E-state index contributed by atoms with van der Waals surface area (Å²) in [6.07, 6.45) is 2.24. The molecule has 6 rings (SSSR count). The van der Waals surface area contributed by atoms with Crippen LogP contribution in [-0.2, 0) is 0 Å². The Bertz CT molecular complexity index is 1710. The molecule has 0 N–H and O–H groups in total. The second kappa shape index (κ2) is 11.2. The summed E-state index contributed by atoms with van der Waals surface area (Å²) in [6, 6.07) is 53.1. The van der Waals surface area contributed by atoms with Crippen LogP contribution in [0.25, 0.3) is 38.6 Å². The van der Waals surface area contributed by atoms with Crippen molar-refractivity contribution in [2.45, 2.75) is 13.8 Å². The number of fused-ring (bicyclic) bond motifs is 1. The highest BCUT2D eigenvalue weighted by atomic mass is 31.1. The number of allylic oxidation sites excluding steroid dienone is 2. The molecule has 0 aromatic heterocycles. The Labute approximate surface area is 233 Å². The second-order valence-electron chi connectivity index (χ2n) is 9.75. The van der Waals surface area contributed by atoms with Crippen molar-refractivity contribution in [3.63, 3.8) is 0 Å². The van der Waals surface area contributed by atoms with E-state index in [1.165, 1.54) is 60.1 Å². The van der Waals surface area contributed by atoms with Gasteiger partial charge >= 0.3 is 0 Å². The van der Waals surface area contributed by atoms with Crippen molar-refractivity contribution >= 4 is 40.2 Å². The molecule has 0 saturated heterocycles. The topological polar surface area (TPSA) is 0 Å². The van der Waals surface area contributed by atoms with Gasteiger partial charge in [-0.2, -0.15) is 0 Å². The van der Waals surface area contributed by atoms with E-state index in [0.29, 0.717) is 0 Å². The van der Waals surface area contributed by atoms with Gasteiger partial charge in [0.15, 0.2) is 0 Å². The Morgan fingerprint density at radius 1 is 0.538 bits per heavy atom. The molecule has 0 atom stereocenters. The van der Waals surface area contributed by atoms with Gasteiger partial charge in [-0.15, -0.1) is 0 Å². The highest BCUT2D eigenvalue weighted by molar-refractivity contribution is 7.80. The zero-order chi connectivity index (χ0) is 26.6. The zero-order valence-corrected chi connectivity index (χ0v) is 23.3. The van der Waals surface area contributed by atoms with Crippen LogP contribution in [0.4, 0.5) is 0 Å². The minimum absolute atomic E-state index is 0.753. The van der Waals surface area contributed by atoms with E-state index in [1.54, 1.807) is 0 Å². The van der Waals surface area contributed by atoms with Crippen LogP contribution in [0.1, 0.15) is 19.4 Å². The van der Waals surface area contributed by atoms with Crippen molar-refractivity contribution < 1.29 is 0 Å². The van der Waals surface area contributed by atoms with Crippen LogP contribution in [0.15, 0.2) is 152 Å². The van der Waals surface area contributed by atoms with Crippen LogP contribution in [0.3, 0.4) is 0 Å². The lowest BCUT2D eigenvalue weighted by molar-refractivity contribution is 1.54. The lowest BCUT2D eigenvalue weighted by atomic mass is 9.85. The van der Waals surface area contributed by atoms with Crippen molar-refractivity contribution in [2.24, 2.45) is 0 Å². The molecular weight excluding hydrogens is 487 g/mol. The first kappa shape index (κ1) is 25.1. The van der Waals surface area contributed by atoms with Gasteiger partial charge in [0.2, 0.25) is 0 Å².